The molecule has 20 heteroatoms. The molecule has 2 saturated heterocycles. The molecule has 1 aromatic heterocycles. The molecule has 3 atom stereocenters. The fraction of sp³-hybridized carbons (Fsp3) is 0.643. The number of carbonyl (C=O) groups is 6. The second-order valence-electron chi connectivity index (χ2n) is 15.7. The van der Waals surface area contributed by atoms with E-state index in [2.05, 4.69) is 15.6 Å². The van der Waals surface area contributed by atoms with Gasteiger partial charge in [-0.1, -0.05) is 45.0 Å². The third kappa shape index (κ3) is 17.0. The maximum Gasteiger partial charge on any atom is 0.335 e. The van der Waals surface area contributed by atoms with Crippen LogP contribution in [-0.2, 0) is 68.6 Å². The van der Waals surface area contributed by atoms with E-state index in [4.69, 9.17) is 33.3 Å². The first-order chi connectivity index (χ1) is 29.7. The zero-order valence-corrected chi connectivity index (χ0v) is 36.9. The molecule has 0 bridgehead atoms. The minimum absolute atomic E-state index is 0.0122. The summed E-state index contributed by atoms with van der Waals surface area (Å²) < 4.78 is 32.7. The number of carbonyl (C=O) groups excluding carboxylic acids is 6. The van der Waals surface area contributed by atoms with E-state index in [1.165, 1.54) is 4.90 Å². The summed E-state index contributed by atoms with van der Waals surface area (Å²) in [5.41, 5.74) is 4.02. The van der Waals surface area contributed by atoms with Crippen LogP contribution in [0.2, 0.25) is 0 Å². The molecule has 19 nitrogen and oxygen atoms in total. The Labute approximate surface area is 366 Å². The molecule has 1 aromatic carbocycles. The molecule has 0 unspecified atom stereocenters. The van der Waals surface area contributed by atoms with Crippen molar-refractivity contribution in [2.24, 2.45) is 5.41 Å². The number of likely N-dealkylation sites (tertiary alicyclic amines) is 1. The number of aromatic nitrogens is 1. The Hall–Kier alpha value is -4.41. The molecule has 0 spiro atoms. The minimum Gasteiger partial charge on any atom is -0.391 e. The van der Waals surface area contributed by atoms with Gasteiger partial charge in [-0.2, -0.15) is 0 Å². The average molecular weight is 892 g/mol. The van der Waals surface area contributed by atoms with Crippen molar-refractivity contribution in [2.45, 2.75) is 84.5 Å². The molecule has 2 aromatic rings. The van der Waals surface area contributed by atoms with E-state index in [0.717, 1.165) is 21.7 Å². The standard InChI is InChI=1S/C42H61N5O14S/c1-29-38(62-28-44-29)31-7-5-30(6-8-31)26-43-40(53)33-25-32(48)27-46(33)41(54)39(42(2,3)4)45-34(49)11-13-55-15-17-57-19-21-59-23-24-60-22-20-58-18-16-56-14-12-37(52)61-47-35(50)9-10-36(47)51/h5-8,28,32-33,39,48H,9-27H2,1-4H3,(H,43,53)(H,45,49)/t32-,33+,39-/m1/s1. The topological polar surface area (TPSA) is 231 Å². The lowest BCUT2D eigenvalue weighted by atomic mass is 9.85. The van der Waals surface area contributed by atoms with Gasteiger partial charge >= 0.3 is 5.97 Å². The third-order valence-corrected chi connectivity index (χ3v) is 10.7. The minimum atomic E-state index is -0.935. The van der Waals surface area contributed by atoms with Crippen LogP contribution in [0.4, 0.5) is 0 Å². The molecule has 2 fully saturated rings. The van der Waals surface area contributed by atoms with E-state index in [1.807, 2.05) is 52.0 Å². The highest BCUT2D eigenvalue weighted by Crippen LogP contribution is 2.28. The molecular formula is C42H61N5O14S. The Kier molecular flexibility index (Phi) is 21.3. The van der Waals surface area contributed by atoms with E-state index >= 15 is 0 Å². The molecule has 2 aliphatic heterocycles. The Bertz CT molecular complexity index is 1740. The van der Waals surface area contributed by atoms with Crippen LogP contribution in [0.1, 0.15) is 64.1 Å². The number of ether oxygens (including phenoxy) is 6. The van der Waals surface area contributed by atoms with Crippen LogP contribution in [0.3, 0.4) is 0 Å². The Morgan fingerprint density at radius 1 is 0.806 bits per heavy atom. The van der Waals surface area contributed by atoms with Crippen LogP contribution in [0.5, 0.6) is 0 Å². The number of rotatable bonds is 28. The second kappa shape index (κ2) is 26.3. The van der Waals surface area contributed by atoms with Crippen molar-refractivity contribution in [2.75, 3.05) is 85.8 Å². The number of hydroxylamine groups is 2. The Morgan fingerprint density at radius 3 is 1.82 bits per heavy atom. The van der Waals surface area contributed by atoms with Crippen LogP contribution in [-0.4, -0.2) is 160 Å². The van der Waals surface area contributed by atoms with Gasteiger partial charge in [0.2, 0.25) is 17.7 Å². The second-order valence-corrected chi connectivity index (χ2v) is 16.5. The van der Waals surface area contributed by atoms with E-state index < -0.39 is 47.3 Å². The predicted molar refractivity (Wildman–Crippen MR) is 223 cm³/mol. The van der Waals surface area contributed by atoms with Gasteiger partial charge in [-0.15, -0.1) is 16.4 Å². The highest BCUT2D eigenvalue weighted by Gasteiger charge is 2.44. The van der Waals surface area contributed by atoms with Crippen LogP contribution in [0.25, 0.3) is 10.4 Å². The van der Waals surface area contributed by atoms with Crippen molar-refractivity contribution in [3.05, 3.63) is 41.0 Å². The van der Waals surface area contributed by atoms with Gasteiger partial charge in [0, 0.05) is 38.8 Å². The first-order valence-corrected chi connectivity index (χ1v) is 21.7. The number of aliphatic hydroxyl groups is 1. The fourth-order valence-electron chi connectivity index (χ4n) is 6.34. The van der Waals surface area contributed by atoms with Crippen molar-refractivity contribution in [1.82, 2.24) is 25.6 Å². The van der Waals surface area contributed by atoms with Gasteiger partial charge in [-0.3, -0.25) is 24.0 Å². The van der Waals surface area contributed by atoms with Gasteiger partial charge in [0.1, 0.15) is 12.1 Å². The monoisotopic (exact) mass is 891 g/mol. The normalized spacial score (nSPS) is 17.1. The SMILES string of the molecule is Cc1ncsc1-c1ccc(CNC(=O)[C@@H]2C[C@@H](O)CN2C(=O)[C@@H](NC(=O)CCOCCOCCOCCOCCOCCOCCC(=O)ON2C(=O)CCC2=O)C(C)(C)C)cc1. The third-order valence-electron chi connectivity index (χ3n) is 9.69. The molecule has 3 N–H and O–H groups in total. The molecular weight excluding hydrogens is 831 g/mol. The first-order valence-electron chi connectivity index (χ1n) is 20.8. The number of hydrogen-bond donors (Lipinski definition) is 3. The van der Waals surface area contributed by atoms with Crippen molar-refractivity contribution in [3.8, 4) is 10.4 Å². The van der Waals surface area contributed by atoms with Gasteiger partial charge in [0.15, 0.2) is 0 Å². The number of thiazole rings is 1. The number of hydrogen-bond acceptors (Lipinski definition) is 16. The number of β-amino-alcohol motifs (C(OH)–C–C–N with tert-alkyl or cyclic N) is 1. The highest BCUT2D eigenvalue weighted by atomic mass is 32.1. The van der Waals surface area contributed by atoms with Gasteiger partial charge in [0.25, 0.3) is 11.8 Å². The molecule has 0 radical (unpaired) electrons. The summed E-state index contributed by atoms with van der Waals surface area (Å²) in [5, 5.41) is 16.7. The predicted octanol–water partition coefficient (Wildman–Crippen LogP) is 1.71. The van der Waals surface area contributed by atoms with Crippen molar-refractivity contribution < 1.29 is 67.1 Å². The lowest BCUT2D eigenvalue weighted by Gasteiger charge is -2.35. The number of aliphatic hydroxyl groups excluding tert-OH is 1. The number of aryl methyl sites for hydroxylation is 1. The van der Waals surface area contributed by atoms with E-state index in [1.54, 1.807) is 16.8 Å². The zero-order valence-electron chi connectivity index (χ0n) is 36.1. The maximum absolute atomic E-state index is 13.9. The molecule has 0 aliphatic carbocycles. The van der Waals surface area contributed by atoms with Crippen LogP contribution < -0.4 is 10.6 Å². The van der Waals surface area contributed by atoms with E-state index in [9.17, 15) is 33.9 Å². The fourth-order valence-corrected chi connectivity index (χ4v) is 7.15. The lowest BCUT2D eigenvalue weighted by Crippen LogP contribution is -2.57. The average Bonchev–Trinajstić information content (AvgIpc) is 3.95. The summed E-state index contributed by atoms with van der Waals surface area (Å²) in [6.07, 6.45) is -0.772. The molecule has 2 aliphatic rings. The zero-order chi connectivity index (χ0) is 44.9. The number of imide groups is 1. The molecule has 0 saturated carbocycles. The summed E-state index contributed by atoms with van der Waals surface area (Å²) in [5.74, 6) is -2.96. The van der Waals surface area contributed by atoms with Crippen LogP contribution in [0, 0.1) is 12.3 Å². The van der Waals surface area contributed by atoms with Gasteiger partial charge in [0.05, 0.1) is 108 Å². The summed E-state index contributed by atoms with van der Waals surface area (Å²) in [7, 11) is 0. The summed E-state index contributed by atoms with van der Waals surface area (Å²) in [4.78, 5) is 86.3. The number of benzene rings is 1. The summed E-state index contributed by atoms with van der Waals surface area (Å²) in [6.45, 7) is 11.2. The van der Waals surface area contributed by atoms with Crippen molar-refractivity contribution in [1.29, 1.82) is 0 Å². The summed E-state index contributed by atoms with van der Waals surface area (Å²) in [6, 6.07) is 6.03. The first kappa shape index (κ1) is 50.2. The van der Waals surface area contributed by atoms with Gasteiger partial charge in [-0.05, 0) is 23.5 Å². The quantitative estimate of drug-likeness (QED) is 0.0816. The largest absolute Gasteiger partial charge is 0.391 e. The van der Waals surface area contributed by atoms with E-state index in [-0.39, 0.29) is 83.4 Å². The van der Waals surface area contributed by atoms with Crippen LogP contribution in [0.15, 0.2) is 29.8 Å². The van der Waals surface area contributed by atoms with Gasteiger partial charge in [-0.25, -0.2) is 9.78 Å². The number of nitrogens with zero attached hydrogens (tertiary/aromatic N) is 3. The Balaban J connectivity index is 0.985. The van der Waals surface area contributed by atoms with Gasteiger partial charge < -0.3 is 53.9 Å². The van der Waals surface area contributed by atoms with Crippen LogP contribution >= 0.6 is 11.3 Å². The molecule has 4 rings (SSSR count). The Morgan fingerprint density at radius 2 is 1.32 bits per heavy atom. The molecule has 344 valence electrons. The highest BCUT2D eigenvalue weighted by molar-refractivity contribution is 7.13. The van der Waals surface area contributed by atoms with E-state index in [0.29, 0.717) is 57.9 Å². The lowest BCUT2D eigenvalue weighted by molar-refractivity contribution is -0.198. The number of amides is 5. The molecule has 62 heavy (non-hydrogen) atoms. The number of nitrogens with one attached hydrogen (secondary N) is 2. The molecule has 3 heterocycles. The smallest absolute Gasteiger partial charge is 0.335 e. The maximum atomic E-state index is 13.9. The van der Waals surface area contributed by atoms with Crippen molar-refractivity contribution >= 4 is 46.8 Å². The van der Waals surface area contributed by atoms with Crippen molar-refractivity contribution in [3.63, 3.8) is 0 Å². The summed E-state index contributed by atoms with van der Waals surface area (Å²) >= 11 is 1.57. The molecule has 5 amide bonds.